The van der Waals surface area contributed by atoms with Gasteiger partial charge >= 0.3 is 0 Å². The van der Waals surface area contributed by atoms with Crippen LogP contribution in [0.3, 0.4) is 0 Å². The summed E-state index contributed by atoms with van der Waals surface area (Å²) < 4.78 is 12.9. The van der Waals surface area contributed by atoms with Crippen molar-refractivity contribution in [3.63, 3.8) is 0 Å². The first-order valence-corrected chi connectivity index (χ1v) is 6.82. The molecule has 1 saturated heterocycles. The van der Waals surface area contributed by atoms with Crippen molar-refractivity contribution in [2.75, 3.05) is 13.1 Å². The maximum absolute atomic E-state index is 12.9. The molecule has 0 spiro atoms. The van der Waals surface area contributed by atoms with E-state index in [2.05, 4.69) is 31.0 Å². The molecule has 2 atom stereocenters. The third kappa shape index (κ3) is 3.30. The van der Waals surface area contributed by atoms with E-state index in [4.69, 9.17) is 0 Å². The number of hydrogen-bond acceptors (Lipinski definition) is 2. The van der Waals surface area contributed by atoms with Gasteiger partial charge in [0.2, 0.25) is 0 Å². The third-order valence-corrected chi connectivity index (χ3v) is 3.81. The lowest BCUT2D eigenvalue weighted by molar-refractivity contribution is 0.266. The van der Waals surface area contributed by atoms with Crippen molar-refractivity contribution in [2.45, 2.75) is 45.3 Å². The number of hydrogen-bond donors (Lipinski definition) is 1. The Kier molecular flexibility index (Phi) is 4.36. The molecule has 100 valence electrons. The lowest BCUT2D eigenvalue weighted by Crippen LogP contribution is -2.36. The van der Waals surface area contributed by atoms with Crippen molar-refractivity contribution in [1.29, 1.82) is 0 Å². The normalized spacial score (nSPS) is 22.6. The summed E-state index contributed by atoms with van der Waals surface area (Å²) in [6.45, 7) is 8.91. The smallest absolute Gasteiger partial charge is 0.123 e. The van der Waals surface area contributed by atoms with Gasteiger partial charge in [0.15, 0.2) is 0 Å². The van der Waals surface area contributed by atoms with Crippen LogP contribution in [0.4, 0.5) is 4.39 Å². The van der Waals surface area contributed by atoms with E-state index in [-0.39, 0.29) is 11.9 Å². The molecular formula is C15H23FN2. The molecule has 1 aliphatic rings. The molecule has 0 radical (unpaired) electrons. The molecular weight excluding hydrogens is 227 g/mol. The highest BCUT2D eigenvalue weighted by Crippen LogP contribution is 2.18. The summed E-state index contributed by atoms with van der Waals surface area (Å²) in [4.78, 5) is 2.50. The Morgan fingerprint density at radius 1 is 1.22 bits per heavy atom. The summed E-state index contributed by atoms with van der Waals surface area (Å²) in [7, 11) is 0. The van der Waals surface area contributed by atoms with Gasteiger partial charge in [-0.25, -0.2) is 4.39 Å². The quantitative estimate of drug-likeness (QED) is 0.884. The van der Waals surface area contributed by atoms with Crippen molar-refractivity contribution in [1.82, 2.24) is 10.2 Å². The van der Waals surface area contributed by atoms with Crippen LogP contribution in [-0.2, 0) is 0 Å². The molecule has 0 aliphatic carbocycles. The average Bonchev–Trinajstić information content (AvgIpc) is 2.78. The molecule has 1 aliphatic heterocycles. The van der Waals surface area contributed by atoms with Crippen LogP contribution in [0.15, 0.2) is 24.3 Å². The minimum Gasteiger partial charge on any atom is -0.306 e. The van der Waals surface area contributed by atoms with E-state index in [0.29, 0.717) is 12.1 Å². The molecule has 0 saturated carbocycles. The molecule has 1 aromatic carbocycles. The molecule has 2 nitrogen and oxygen atoms in total. The number of benzene rings is 1. The van der Waals surface area contributed by atoms with Crippen LogP contribution in [0.2, 0.25) is 0 Å². The lowest BCUT2D eigenvalue weighted by Gasteiger charge is -2.22. The van der Waals surface area contributed by atoms with Crippen molar-refractivity contribution in [3.8, 4) is 0 Å². The second-order valence-electron chi connectivity index (χ2n) is 5.51. The summed E-state index contributed by atoms with van der Waals surface area (Å²) in [5, 5.41) is 3.64. The molecule has 18 heavy (non-hydrogen) atoms. The number of nitrogens with zero attached hydrogens (tertiary/aromatic N) is 1. The Bertz CT molecular complexity index is 375. The third-order valence-electron chi connectivity index (χ3n) is 3.81. The van der Waals surface area contributed by atoms with Crippen LogP contribution in [0.1, 0.15) is 38.8 Å². The Morgan fingerprint density at radius 2 is 1.89 bits per heavy atom. The fraction of sp³-hybridized carbons (Fsp3) is 0.600. The van der Waals surface area contributed by atoms with Gasteiger partial charge in [-0.3, -0.25) is 4.90 Å². The highest BCUT2D eigenvalue weighted by molar-refractivity contribution is 5.19. The first-order chi connectivity index (χ1) is 8.56. The predicted octanol–water partition coefficient (Wildman–Crippen LogP) is 2.96. The maximum Gasteiger partial charge on any atom is 0.123 e. The second kappa shape index (κ2) is 5.81. The Balaban J connectivity index is 1.88. The summed E-state index contributed by atoms with van der Waals surface area (Å²) in [6, 6.07) is 8.24. The minimum absolute atomic E-state index is 0.169. The van der Waals surface area contributed by atoms with Gasteiger partial charge in [0.1, 0.15) is 5.82 Å². The minimum atomic E-state index is -0.169. The Hall–Kier alpha value is -0.930. The van der Waals surface area contributed by atoms with Crippen LogP contribution < -0.4 is 5.32 Å². The lowest BCUT2D eigenvalue weighted by atomic mass is 10.1. The molecule has 1 N–H and O–H groups in total. The monoisotopic (exact) mass is 250 g/mol. The topological polar surface area (TPSA) is 15.3 Å². The highest BCUT2D eigenvalue weighted by atomic mass is 19.1. The van der Waals surface area contributed by atoms with Gasteiger partial charge in [-0.15, -0.1) is 0 Å². The molecule has 1 heterocycles. The van der Waals surface area contributed by atoms with Crippen LogP contribution in [0.5, 0.6) is 0 Å². The zero-order chi connectivity index (χ0) is 13.1. The van der Waals surface area contributed by atoms with E-state index in [1.54, 1.807) is 0 Å². The van der Waals surface area contributed by atoms with Crippen LogP contribution in [-0.4, -0.2) is 30.1 Å². The molecule has 1 fully saturated rings. The fourth-order valence-corrected chi connectivity index (χ4v) is 2.59. The SMILES string of the molecule is CC(NC1CCN(C(C)C)C1)c1ccc(F)cc1. The summed E-state index contributed by atoms with van der Waals surface area (Å²) in [5.74, 6) is -0.169. The highest BCUT2D eigenvalue weighted by Gasteiger charge is 2.25. The second-order valence-corrected chi connectivity index (χ2v) is 5.51. The number of rotatable bonds is 4. The summed E-state index contributed by atoms with van der Waals surface area (Å²) in [5.41, 5.74) is 1.15. The molecule has 3 heteroatoms. The largest absolute Gasteiger partial charge is 0.306 e. The summed E-state index contributed by atoms with van der Waals surface area (Å²) >= 11 is 0. The van der Waals surface area contributed by atoms with E-state index in [1.165, 1.54) is 25.1 Å². The Labute approximate surface area is 109 Å². The van der Waals surface area contributed by atoms with Crippen molar-refractivity contribution in [2.24, 2.45) is 0 Å². The van der Waals surface area contributed by atoms with Gasteiger partial charge in [-0.05, 0) is 51.4 Å². The average molecular weight is 250 g/mol. The van der Waals surface area contributed by atoms with Gasteiger partial charge in [0.05, 0.1) is 0 Å². The van der Waals surface area contributed by atoms with E-state index in [9.17, 15) is 4.39 Å². The summed E-state index contributed by atoms with van der Waals surface area (Å²) in [6.07, 6.45) is 1.20. The van der Waals surface area contributed by atoms with Gasteiger partial charge < -0.3 is 5.32 Å². The van der Waals surface area contributed by atoms with Crippen molar-refractivity contribution < 1.29 is 4.39 Å². The van der Waals surface area contributed by atoms with E-state index >= 15 is 0 Å². The number of likely N-dealkylation sites (tertiary alicyclic amines) is 1. The molecule has 0 amide bonds. The first kappa shape index (κ1) is 13.5. The molecule has 2 rings (SSSR count). The van der Waals surface area contributed by atoms with Crippen molar-refractivity contribution in [3.05, 3.63) is 35.6 Å². The maximum atomic E-state index is 12.9. The molecule has 2 unspecified atom stereocenters. The van der Waals surface area contributed by atoms with Gasteiger partial charge in [0.25, 0.3) is 0 Å². The Morgan fingerprint density at radius 3 is 2.44 bits per heavy atom. The molecule has 0 bridgehead atoms. The zero-order valence-corrected chi connectivity index (χ0v) is 11.5. The first-order valence-electron chi connectivity index (χ1n) is 6.82. The number of nitrogens with one attached hydrogen (secondary N) is 1. The van der Waals surface area contributed by atoms with E-state index in [1.807, 2.05) is 12.1 Å². The fourth-order valence-electron chi connectivity index (χ4n) is 2.59. The van der Waals surface area contributed by atoms with Crippen LogP contribution in [0.25, 0.3) is 0 Å². The van der Waals surface area contributed by atoms with E-state index in [0.717, 1.165) is 12.1 Å². The number of halogens is 1. The van der Waals surface area contributed by atoms with E-state index < -0.39 is 0 Å². The van der Waals surface area contributed by atoms with Gasteiger partial charge in [-0.1, -0.05) is 12.1 Å². The standard InChI is InChI=1S/C15H23FN2/c1-11(2)18-9-8-15(10-18)17-12(3)13-4-6-14(16)7-5-13/h4-7,11-12,15,17H,8-10H2,1-3H3. The zero-order valence-electron chi connectivity index (χ0n) is 11.5. The molecule has 0 aromatic heterocycles. The van der Waals surface area contributed by atoms with Gasteiger partial charge in [-0.2, -0.15) is 0 Å². The van der Waals surface area contributed by atoms with Crippen LogP contribution >= 0.6 is 0 Å². The van der Waals surface area contributed by atoms with Crippen molar-refractivity contribution >= 4 is 0 Å². The predicted molar refractivity (Wildman–Crippen MR) is 73.1 cm³/mol. The van der Waals surface area contributed by atoms with Crippen LogP contribution in [0, 0.1) is 5.82 Å². The van der Waals surface area contributed by atoms with Gasteiger partial charge in [0, 0.05) is 24.7 Å². The molecule has 1 aromatic rings.